The van der Waals surface area contributed by atoms with Crippen molar-refractivity contribution in [2.75, 3.05) is 23.7 Å². The highest BCUT2D eigenvalue weighted by Gasteiger charge is 2.49. The van der Waals surface area contributed by atoms with Gasteiger partial charge in [0.05, 0.1) is 18.4 Å². The normalized spacial score (nSPS) is 17.8. The number of aromatic nitrogens is 2. The summed E-state index contributed by atoms with van der Waals surface area (Å²) in [5.41, 5.74) is 3.41. The van der Waals surface area contributed by atoms with E-state index in [1.165, 1.54) is 24.3 Å². The van der Waals surface area contributed by atoms with Crippen LogP contribution in [0.25, 0.3) is 11.1 Å². The molecule has 5 N–H and O–H groups in total. The molecule has 12 nitrogen and oxygen atoms in total. The summed E-state index contributed by atoms with van der Waals surface area (Å²) in [6, 6.07) is 17.6. The largest absolute Gasteiger partial charge is 0.465 e. The third kappa shape index (κ3) is 5.92. The van der Waals surface area contributed by atoms with Crippen LogP contribution in [0.4, 0.5) is 21.0 Å². The molecule has 4 aromatic rings. The summed E-state index contributed by atoms with van der Waals surface area (Å²) in [5, 5.41) is 24.0. The molecule has 1 fully saturated rings. The van der Waals surface area contributed by atoms with Crippen LogP contribution in [-0.2, 0) is 21.6 Å². The van der Waals surface area contributed by atoms with Gasteiger partial charge in [-0.15, -0.1) is 0 Å². The van der Waals surface area contributed by atoms with Crippen molar-refractivity contribution in [3.8, 4) is 11.1 Å². The molecule has 1 saturated heterocycles. The SMILES string of the molecule is O=C(O)Nc1ccc(C(=O)N[C@@H](Cc2ccc(-c3cn[nH]c3)cc2)C(=O)N2CC[C@@]3(C2)OC(=O)Nc2ccc(Cl)cc23)cc1. The number of fused-ring (bicyclic) bond motifs is 2. The number of ether oxygens (including phenoxy) is 1. The number of hydrogen-bond acceptors (Lipinski definition) is 6. The summed E-state index contributed by atoms with van der Waals surface area (Å²) in [6.45, 7) is 0.382. The Morgan fingerprint density at radius 2 is 1.84 bits per heavy atom. The first-order valence-corrected chi connectivity index (χ1v) is 14.1. The van der Waals surface area contributed by atoms with Gasteiger partial charge in [-0.2, -0.15) is 5.10 Å². The van der Waals surface area contributed by atoms with Crippen LogP contribution in [0.5, 0.6) is 0 Å². The van der Waals surface area contributed by atoms with Crippen molar-refractivity contribution in [1.82, 2.24) is 20.4 Å². The van der Waals surface area contributed by atoms with Crippen LogP contribution in [0.2, 0.25) is 5.02 Å². The van der Waals surface area contributed by atoms with Crippen molar-refractivity contribution in [2.45, 2.75) is 24.5 Å². The Morgan fingerprint density at radius 1 is 1.07 bits per heavy atom. The van der Waals surface area contributed by atoms with Gasteiger partial charge < -0.3 is 20.1 Å². The molecule has 2 aliphatic rings. The van der Waals surface area contributed by atoms with Crippen LogP contribution in [0.15, 0.2) is 79.1 Å². The van der Waals surface area contributed by atoms with Crippen LogP contribution >= 0.6 is 11.6 Å². The first-order valence-electron chi connectivity index (χ1n) is 13.8. The highest BCUT2D eigenvalue weighted by Crippen LogP contribution is 2.44. The Hall–Kier alpha value is -5.36. The van der Waals surface area contributed by atoms with E-state index in [2.05, 4.69) is 26.1 Å². The fourth-order valence-corrected chi connectivity index (χ4v) is 5.78. The van der Waals surface area contributed by atoms with Gasteiger partial charge in [0.15, 0.2) is 5.60 Å². The molecule has 1 aromatic heterocycles. The third-order valence-electron chi connectivity index (χ3n) is 7.77. The van der Waals surface area contributed by atoms with Gasteiger partial charge in [-0.1, -0.05) is 35.9 Å². The molecule has 0 unspecified atom stereocenters. The standard InChI is InChI=1S/C31H27ClN6O6/c32-22-7-10-25-24(14-22)31(44-30(43)37-25)11-12-38(17-31)28(40)26(13-18-1-3-19(4-2-18)21-15-33-34-16-21)36-27(39)20-5-8-23(9-6-20)35-29(41)42/h1-10,14-16,26,35H,11-13,17H2,(H,33,34)(H,36,39)(H,37,43)(H,41,42)/t26-,31-/m0/s1. The number of halogens is 1. The number of likely N-dealkylation sites (tertiary alicyclic amines) is 1. The number of hydrogen-bond donors (Lipinski definition) is 5. The Bertz CT molecular complexity index is 1730. The molecule has 224 valence electrons. The zero-order chi connectivity index (χ0) is 30.8. The maximum atomic E-state index is 14.1. The Labute approximate surface area is 256 Å². The topological polar surface area (TPSA) is 166 Å². The molecule has 6 rings (SSSR count). The van der Waals surface area contributed by atoms with E-state index < -0.39 is 29.7 Å². The number of rotatable bonds is 7. The molecular weight excluding hydrogens is 588 g/mol. The van der Waals surface area contributed by atoms with Crippen molar-refractivity contribution in [2.24, 2.45) is 0 Å². The molecule has 3 aromatic carbocycles. The summed E-state index contributed by atoms with van der Waals surface area (Å²) in [6.07, 6.45) is 2.21. The molecule has 1 spiro atoms. The lowest BCUT2D eigenvalue weighted by molar-refractivity contribution is -0.133. The Kier molecular flexibility index (Phi) is 7.66. The number of benzene rings is 3. The minimum absolute atomic E-state index is 0.0912. The fraction of sp³-hybridized carbons (Fsp3) is 0.194. The van der Waals surface area contributed by atoms with Crippen molar-refractivity contribution in [1.29, 1.82) is 0 Å². The maximum Gasteiger partial charge on any atom is 0.412 e. The van der Waals surface area contributed by atoms with Gasteiger partial charge >= 0.3 is 12.2 Å². The number of H-pyrrole nitrogens is 1. The second-order valence-corrected chi connectivity index (χ2v) is 11.1. The van der Waals surface area contributed by atoms with Crippen molar-refractivity contribution < 1.29 is 29.0 Å². The third-order valence-corrected chi connectivity index (χ3v) is 8.00. The van der Waals surface area contributed by atoms with E-state index in [0.717, 1.165) is 16.7 Å². The second kappa shape index (κ2) is 11.7. The van der Waals surface area contributed by atoms with E-state index in [0.29, 0.717) is 34.9 Å². The van der Waals surface area contributed by atoms with Gasteiger partial charge in [-0.25, -0.2) is 9.59 Å². The zero-order valence-electron chi connectivity index (χ0n) is 23.2. The maximum absolute atomic E-state index is 14.1. The van der Waals surface area contributed by atoms with Gasteiger partial charge in [-0.05, 0) is 53.6 Å². The molecule has 2 aliphatic heterocycles. The number of nitrogens with zero attached hydrogens (tertiary/aromatic N) is 2. The van der Waals surface area contributed by atoms with E-state index >= 15 is 0 Å². The van der Waals surface area contributed by atoms with Crippen LogP contribution in [0, 0.1) is 0 Å². The summed E-state index contributed by atoms with van der Waals surface area (Å²) in [5.74, 6) is -0.837. The van der Waals surface area contributed by atoms with E-state index in [4.69, 9.17) is 21.4 Å². The smallest absolute Gasteiger partial charge is 0.412 e. The minimum Gasteiger partial charge on any atom is -0.465 e. The van der Waals surface area contributed by atoms with E-state index in [1.807, 2.05) is 24.3 Å². The summed E-state index contributed by atoms with van der Waals surface area (Å²) >= 11 is 6.27. The van der Waals surface area contributed by atoms with Gasteiger partial charge in [0.1, 0.15) is 6.04 Å². The molecule has 2 atom stereocenters. The number of aromatic amines is 1. The Morgan fingerprint density at radius 3 is 2.55 bits per heavy atom. The predicted molar refractivity (Wildman–Crippen MR) is 162 cm³/mol. The molecular formula is C31H27ClN6O6. The average Bonchev–Trinajstić information content (AvgIpc) is 3.69. The first-order chi connectivity index (χ1) is 21.2. The Balaban J connectivity index is 1.25. The number of nitrogens with one attached hydrogen (secondary N) is 4. The monoisotopic (exact) mass is 614 g/mol. The van der Waals surface area contributed by atoms with Crippen molar-refractivity contribution in [3.63, 3.8) is 0 Å². The van der Waals surface area contributed by atoms with E-state index in [1.54, 1.807) is 35.5 Å². The number of anilines is 2. The lowest BCUT2D eigenvalue weighted by Gasteiger charge is -2.35. The van der Waals surface area contributed by atoms with Gasteiger partial charge in [-0.3, -0.25) is 25.3 Å². The number of carboxylic acid groups (broad SMARTS) is 1. The van der Waals surface area contributed by atoms with Crippen LogP contribution in [0.1, 0.15) is 27.9 Å². The molecule has 3 heterocycles. The zero-order valence-corrected chi connectivity index (χ0v) is 23.9. The average molecular weight is 615 g/mol. The number of carbonyl (C=O) groups excluding carboxylic acids is 3. The van der Waals surface area contributed by atoms with Crippen LogP contribution in [-0.4, -0.2) is 63.3 Å². The summed E-state index contributed by atoms with van der Waals surface area (Å²) in [7, 11) is 0. The highest BCUT2D eigenvalue weighted by molar-refractivity contribution is 6.30. The highest BCUT2D eigenvalue weighted by atomic mass is 35.5. The van der Waals surface area contributed by atoms with Gasteiger partial charge in [0, 0.05) is 53.0 Å². The van der Waals surface area contributed by atoms with E-state index in [9.17, 15) is 19.2 Å². The lowest BCUT2D eigenvalue weighted by Crippen LogP contribution is -2.50. The molecule has 0 aliphatic carbocycles. The lowest BCUT2D eigenvalue weighted by atomic mass is 9.90. The fourth-order valence-electron chi connectivity index (χ4n) is 5.61. The molecule has 13 heteroatoms. The van der Waals surface area contributed by atoms with Gasteiger partial charge in [0.2, 0.25) is 5.91 Å². The summed E-state index contributed by atoms with van der Waals surface area (Å²) < 4.78 is 5.79. The number of amides is 4. The van der Waals surface area contributed by atoms with Crippen LogP contribution in [0.3, 0.4) is 0 Å². The van der Waals surface area contributed by atoms with Crippen molar-refractivity contribution in [3.05, 3.63) is 101 Å². The quantitative estimate of drug-likeness (QED) is 0.198. The number of carbonyl (C=O) groups is 4. The minimum atomic E-state index is -1.22. The molecule has 0 saturated carbocycles. The van der Waals surface area contributed by atoms with Crippen LogP contribution < -0.4 is 16.0 Å². The molecule has 0 radical (unpaired) electrons. The van der Waals surface area contributed by atoms with E-state index in [-0.39, 0.29) is 24.4 Å². The van der Waals surface area contributed by atoms with Crippen molar-refractivity contribution >= 4 is 47.0 Å². The van der Waals surface area contributed by atoms with Gasteiger partial charge in [0.25, 0.3) is 5.91 Å². The second-order valence-electron chi connectivity index (χ2n) is 10.6. The molecule has 0 bridgehead atoms. The first kappa shape index (κ1) is 28.7. The summed E-state index contributed by atoms with van der Waals surface area (Å²) in [4.78, 5) is 52.4. The molecule has 4 amide bonds. The predicted octanol–water partition coefficient (Wildman–Crippen LogP) is 4.85. The molecule has 44 heavy (non-hydrogen) atoms.